The zero-order valence-electron chi connectivity index (χ0n) is 13.8. The number of carbonyl (C=O) groups is 2. The van der Waals surface area contributed by atoms with Crippen molar-refractivity contribution in [3.8, 4) is 0 Å². The SMILES string of the molecule is CCNC(=O)[C@@H](C)OC(=O)/C=C/c1cnn(Cc2ccccc2)c1. The number of nitrogens with one attached hydrogen (secondary N) is 1. The Hall–Kier alpha value is -2.89. The lowest BCUT2D eigenvalue weighted by molar-refractivity contribution is -0.150. The molecule has 2 rings (SSSR count). The first-order valence-electron chi connectivity index (χ1n) is 7.81. The Balaban J connectivity index is 1.88. The van der Waals surface area contributed by atoms with E-state index in [4.69, 9.17) is 4.74 Å². The van der Waals surface area contributed by atoms with Crippen molar-refractivity contribution >= 4 is 18.0 Å². The van der Waals surface area contributed by atoms with Crippen LogP contribution in [0.25, 0.3) is 6.08 Å². The van der Waals surface area contributed by atoms with Crippen molar-refractivity contribution < 1.29 is 14.3 Å². The van der Waals surface area contributed by atoms with Crippen molar-refractivity contribution in [1.82, 2.24) is 15.1 Å². The van der Waals surface area contributed by atoms with Gasteiger partial charge in [0, 0.05) is 24.4 Å². The monoisotopic (exact) mass is 327 g/mol. The van der Waals surface area contributed by atoms with E-state index in [2.05, 4.69) is 10.4 Å². The van der Waals surface area contributed by atoms with Gasteiger partial charge in [0.1, 0.15) is 0 Å². The quantitative estimate of drug-likeness (QED) is 0.624. The zero-order valence-corrected chi connectivity index (χ0v) is 13.8. The summed E-state index contributed by atoms with van der Waals surface area (Å²) in [7, 11) is 0. The molecule has 0 unspecified atom stereocenters. The Morgan fingerprint density at radius 2 is 2.08 bits per heavy atom. The van der Waals surface area contributed by atoms with E-state index in [-0.39, 0.29) is 5.91 Å². The molecule has 1 amide bonds. The van der Waals surface area contributed by atoms with Crippen LogP contribution in [0.1, 0.15) is 25.0 Å². The molecule has 6 nitrogen and oxygen atoms in total. The fourth-order valence-electron chi connectivity index (χ4n) is 2.07. The number of benzene rings is 1. The van der Waals surface area contributed by atoms with Gasteiger partial charge in [-0.1, -0.05) is 30.3 Å². The average molecular weight is 327 g/mol. The molecule has 0 aliphatic carbocycles. The Kier molecular flexibility index (Phi) is 6.31. The molecule has 0 saturated carbocycles. The second kappa shape index (κ2) is 8.67. The van der Waals surface area contributed by atoms with Crippen LogP contribution < -0.4 is 5.32 Å². The van der Waals surface area contributed by atoms with Crippen LogP contribution in [-0.4, -0.2) is 34.3 Å². The lowest BCUT2D eigenvalue weighted by Gasteiger charge is -2.10. The summed E-state index contributed by atoms with van der Waals surface area (Å²) in [6, 6.07) is 9.97. The second-order valence-electron chi connectivity index (χ2n) is 5.26. The first-order valence-corrected chi connectivity index (χ1v) is 7.81. The van der Waals surface area contributed by atoms with Gasteiger partial charge in [0.15, 0.2) is 6.10 Å². The fourth-order valence-corrected chi connectivity index (χ4v) is 2.07. The highest BCUT2D eigenvalue weighted by Gasteiger charge is 2.15. The van der Waals surface area contributed by atoms with Gasteiger partial charge in [0.2, 0.25) is 0 Å². The van der Waals surface area contributed by atoms with Gasteiger partial charge >= 0.3 is 5.97 Å². The van der Waals surface area contributed by atoms with Crippen molar-refractivity contribution in [1.29, 1.82) is 0 Å². The standard InChI is InChI=1S/C18H21N3O3/c1-3-19-18(23)14(2)24-17(22)10-9-16-11-20-21(13-16)12-15-7-5-4-6-8-15/h4-11,13-14H,3,12H2,1-2H3,(H,19,23)/b10-9+/t14-/m1/s1. The zero-order chi connectivity index (χ0) is 17.4. The molecule has 24 heavy (non-hydrogen) atoms. The minimum absolute atomic E-state index is 0.310. The molecule has 0 radical (unpaired) electrons. The molecule has 1 atom stereocenters. The summed E-state index contributed by atoms with van der Waals surface area (Å²) in [5.41, 5.74) is 1.93. The molecule has 6 heteroatoms. The second-order valence-corrected chi connectivity index (χ2v) is 5.26. The molecule has 0 fully saturated rings. The molecular weight excluding hydrogens is 306 g/mol. The van der Waals surface area contributed by atoms with Crippen LogP contribution in [-0.2, 0) is 20.9 Å². The third-order valence-electron chi connectivity index (χ3n) is 3.27. The Morgan fingerprint density at radius 1 is 1.33 bits per heavy atom. The van der Waals surface area contributed by atoms with E-state index in [0.29, 0.717) is 13.1 Å². The van der Waals surface area contributed by atoms with Crippen LogP contribution in [0.4, 0.5) is 0 Å². The van der Waals surface area contributed by atoms with Crippen molar-refractivity contribution in [2.24, 2.45) is 0 Å². The van der Waals surface area contributed by atoms with Crippen LogP contribution in [0.5, 0.6) is 0 Å². The summed E-state index contributed by atoms with van der Waals surface area (Å²) in [5, 5.41) is 6.85. The normalized spacial score (nSPS) is 12.1. The first-order chi connectivity index (χ1) is 11.6. The summed E-state index contributed by atoms with van der Waals surface area (Å²) in [4.78, 5) is 23.2. The Labute approximate surface area is 141 Å². The molecule has 0 spiro atoms. The molecular formula is C18H21N3O3. The number of carbonyl (C=O) groups excluding carboxylic acids is 2. The molecule has 2 aromatic rings. The Morgan fingerprint density at radius 3 is 2.79 bits per heavy atom. The maximum absolute atomic E-state index is 11.7. The summed E-state index contributed by atoms with van der Waals surface area (Å²) in [6.45, 7) is 4.50. The van der Waals surface area contributed by atoms with Crippen LogP contribution in [0.15, 0.2) is 48.8 Å². The number of esters is 1. The van der Waals surface area contributed by atoms with Gasteiger partial charge < -0.3 is 10.1 Å². The third kappa shape index (κ3) is 5.39. The minimum Gasteiger partial charge on any atom is -0.449 e. The predicted molar refractivity (Wildman–Crippen MR) is 91.0 cm³/mol. The predicted octanol–water partition coefficient (Wildman–Crippen LogP) is 2.01. The molecule has 0 saturated heterocycles. The summed E-state index contributed by atoms with van der Waals surface area (Å²) >= 11 is 0. The number of aromatic nitrogens is 2. The van der Waals surface area contributed by atoms with Crippen LogP contribution in [0.2, 0.25) is 0 Å². The van der Waals surface area contributed by atoms with Crippen molar-refractivity contribution in [2.45, 2.75) is 26.5 Å². The summed E-state index contributed by atoms with van der Waals surface area (Å²) in [5.74, 6) is -0.875. The van der Waals surface area contributed by atoms with E-state index in [0.717, 1.165) is 11.1 Å². The van der Waals surface area contributed by atoms with Crippen LogP contribution in [0, 0.1) is 0 Å². The lowest BCUT2D eigenvalue weighted by atomic mass is 10.2. The maximum atomic E-state index is 11.7. The van der Waals surface area contributed by atoms with Gasteiger partial charge in [-0.25, -0.2) is 4.79 Å². The number of nitrogens with zero attached hydrogens (tertiary/aromatic N) is 2. The minimum atomic E-state index is -0.817. The Bertz CT molecular complexity index is 707. The number of hydrogen-bond acceptors (Lipinski definition) is 4. The lowest BCUT2D eigenvalue weighted by Crippen LogP contribution is -2.35. The van der Waals surface area contributed by atoms with Gasteiger partial charge in [-0.15, -0.1) is 0 Å². The number of hydrogen-bond donors (Lipinski definition) is 1. The van der Waals surface area contributed by atoms with E-state index in [1.165, 1.54) is 13.0 Å². The topological polar surface area (TPSA) is 73.2 Å². The van der Waals surface area contributed by atoms with Crippen LogP contribution in [0.3, 0.4) is 0 Å². The van der Waals surface area contributed by atoms with Gasteiger partial charge in [0.05, 0.1) is 12.7 Å². The molecule has 0 aliphatic rings. The third-order valence-corrected chi connectivity index (χ3v) is 3.27. The molecule has 1 N–H and O–H groups in total. The average Bonchev–Trinajstić information content (AvgIpc) is 3.01. The van der Waals surface area contributed by atoms with Gasteiger partial charge in [0.25, 0.3) is 5.91 Å². The number of amides is 1. The van der Waals surface area contributed by atoms with E-state index in [9.17, 15) is 9.59 Å². The highest BCUT2D eigenvalue weighted by Crippen LogP contribution is 2.06. The number of likely N-dealkylation sites (N-methyl/N-ethyl adjacent to an activating group) is 1. The molecule has 1 heterocycles. The fraction of sp³-hybridized carbons (Fsp3) is 0.278. The van der Waals surface area contributed by atoms with Crippen molar-refractivity contribution in [3.63, 3.8) is 0 Å². The molecule has 126 valence electrons. The highest BCUT2D eigenvalue weighted by atomic mass is 16.5. The van der Waals surface area contributed by atoms with E-state index < -0.39 is 12.1 Å². The first kappa shape index (κ1) is 17.5. The number of rotatable bonds is 7. The van der Waals surface area contributed by atoms with Crippen molar-refractivity contribution in [3.05, 3.63) is 59.9 Å². The molecule has 1 aromatic heterocycles. The summed E-state index contributed by atoms with van der Waals surface area (Å²) < 4.78 is 6.81. The van der Waals surface area contributed by atoms with E-state index in [1.54, 1.807) is 23.9 Å². The highest BCUT2D eigenvalue weighted by molar-refractivity contribution is 5.90. The maximum Gasteiger partial charge on any atom is 0.331 e. The molecule has 0 bridgehead atoms. The summed E-state index contributed by atoms with van der Waals surface area (Å²) in [6.07, 6.45) is 5.59. The van der Waals surface area contributed by atoms with Crippen LogP contribution >= 0.6 is 0 Å². The van der Waals surface area contributed by atoms with Crippen molar-refractivity contribution in [2.75, 3.05) is 6.54 Å². The van der Waals surface area contributed by atoms with E-state index in [1.807, 2.05) is 36.5 Å². The molecule has 1 aromatic carbocycles. The smallest absolute Gasteiger partial charge is 0.331 e. The molecule has 0 aliphatic heterocycles. The van der Waals surface area contributed by atoms with E-state index >= 15 is 0 Å². The number of ether oxygens (including phenoxy) is 1. The van der Waals surface area contributed by atoms with Gasteiger partial charge in [-0.2, -0.15) is 5.10 Å². The largest absolute Gasteiger partial charge is 0.449 e. The van der Waals surface area contributed by atoms with Gasteiger partial charge in [-0.3, -0.25) is 9.48 Å². The van der Waals surface area contributed by atoms with Gasteiger partial charge in [-0.05, 0) is 25.5 Å².